The Labute approximate surface area is 163 Å². The SMILES string of the molecule is CC(C)Cn1c(=O)c2cc(C(=O)NCCN3CCCC3)nn2c2ccccc21. The summed E-state index contributed by atoms with van der Waals surface area (Å²) >= 11 is 0. The largest absolute Gasteiger partial charge is 0.349 e. The number of para-hydroxylation sites is 2. The van der Waals surface area contributed by atoms with Crippen LogP contribution in [0.3, 0.4) is 0 Å². The summed E-state index contributed by atoms with van der Waals surface area (Å²) < 4.78 is 3.38. The Hall–Kier alpha value is -2.67. The van der Waals surface area contributed by atoms with Gasteiger partial charge in [0.25, 0.3) is 11.5 Å². The molecule has 0 spiro atoms. The number of nitrogens with zero attached hydrogens (tertiary/aromatic N) is 4. The molecule has 1 aliphatic rings. The fraction of sp³-hybridized carbons (Fsp3) is 0.476. The van der Waals surface area contributed by atoms with Crippen molar-refractivity contribution in [1.29, 1.82) is 0 Å². The first-order chi connectivity index (χ1) is 13.5. The van der Waals surface area contributed by atoms with Gasteiger partial charge in [0.15, 0.2) is 5.69 Å². The number of nitrogens with one attached hydrogen (secondary N) is 1. The summed E-state index contributed by atoms with van der Waals surface area (Å²) in [7, 11) is 0. The van der Waals surface area contributed by atoms with E-state index < -0.39 is 0 Å². The van der Waals surface area contributed by atoms with E-state index in [0.29, 0.717) is 24.5 Å². The molecule has 148 valence electrons. The zero-order valence-electron chi connectivity index (χ0n) is 16.5. The van der Waals surface area contributed by atoms with Gasteiger partial charge in [-0.3, -0.25) is 9.59 Å². The van der Waals surface area contributed by atoms with E-state index in [9.17, 15) is 9.59 Å². The van der Waals surface area contributed by atoms with Gasteiger partial charge in [-0.25, -0.2) is 4.52 Å². The van der Waals surface area contributed by atoms with Crippen molar-refractivity contribution in [1.82, 2.24) is 24.4 Å². The van der Waals surface area contributed by atoms with Crippen LogP contribution in [0.5, 0.6) is 0 Å². The zero-order chi connectivity index (χ0) is 19.7. The van der Waals surface area contributed by atoms with Crippen molar-refractivity contribution in [3.63, 3.8) is 0 Å². The molecule has 0 atom stereocenters. The number of benzene rings is 1. The van der Waals surface area contributed by atoms with Crippen LogP contribution in [0.4, 0.5) is 0 Å². The van der Waals surface area contributed by atoms with Crippen LogP contribution in [0.25, 0.3) is 16.6 Å². The van der Waals surface area contributed by atoms with E-state index >= 15 is 0 Å². The molecule has 1 amide bonds. The molecule has 1 N–H and O–H groups in total. The van der Waals surface area contributed by atoms with Gasteiger partial charge in [0.2, 0.25) is 0 Å². The molecule has 7 heteroatoms. The second kappa shape index (κ2) is 7.75. The van der Waals surface area contributed by atoms with Crippen LogP contribution in [0.2, 0.25) is 0 Å². The molecule has 28 heavy (non-hydrogen) atoms. The number of hydrogen-bond acceptors (Lipinski definition) is 4. The quantitative estimate of drug-likeness (QED) is 0.710. The number of carbonyl (C=O) groups is 1. The first-order valence-corrected chi connectivity index (χ1v) is 10.1. The fourth-order valence-electron chi connectivity index (χ4n) is 3.92. The average molecular weight is 381 g/mol. The molecule has 0 radical (unpaired) electrons. The molecular weight excluding hydrogens is 354 g/mol. The highest BCUT2D eigenvalue weighted by molar-refractivity contribution is 5.94. The number of fused-ring (bicyclic) bond motifs is 3. The van der Waals surface area contributed by atoms with E-state index in [1.54, 1.807) is 15.1 Å². The minimum atomic E-state index is -0.234. The molecule has 3 heterocycles. The van der Waals surface area contributed by atoms with Gasteiger partial charge < -0.3 is 14.8 Å². The van der Waals surface area contributed by atoms with E-state index in [4.69, 9.17) is 0 Å². The molecule has 0 unspecified atom stereocenters. The number of likely N-dealkylation sites (tertiary alicyclic amines) is 1. The third kappa shape index (κ3) is 3.54. The first-order valence-electron chi connectivity index (χ1n) is 10.1. The second-order valence-electron chi connectivity index (χ2n) is 7.93. The van der Waals surface area contributed by atoms with Gasteiger partial charge in [-0.2, -0.15) is 5.10 Å². The zero-order valence-corrected chi connectivity index (χ0v) is 16.5. The Kier molecular flexibility index (Phi) is 5.17. The third-order valence-electron chi connectivity index (χ3n) is 5.27. The molecule has 0 bridgehead atoms. The number of hydrogen-bond donors (Lipinski definition) is 1. The number of amides is 1. The third-order valence-corrected chi connectivity index (χ3v) is 5.27. The van der Waals surface area contributed by atoms with Crippen molar-refractivity contribution in [2.75, 3.05) is 26.2 Å². The van der Waals surface area contributed by atoms with Gasteiger partial charge in [0.05, 0.1) is 11.0 Å². The van der Waals surface area contributed by atoms with Crippen molar-refractivity contribution in [3.8, 4) is 0 Å². The van der Waals surface area contributed by atoms with Crippen LogP contribution in [-0.2, 0) is 6.54 Å². The van der Waals surface area contributed by atoms with Crippen LogP contribution in [0, 0.1) is 5.92 Å². The van der Waals surface area contributed by atoms with E-state index in [1.165, 1.54) is 12.8 Å². The Morgan fingerprint density at radius 1 is 1.14 bits per heavy atom. The Bertz CT molecular complexity index is 1060. The van der Waals surface area contributed by atoms with E-state index in [0.717, 1.165) is 30.7 Å². The maximum absolute atomic E-state index is 13.1. The van der Waals surface area contributed by atoms with Gasteiger partial charge in [0.1, 0.15) is 5.52 Å². The van der Waals surface area contributed by atoms with Gasteiger partial charge in [-0.05, 0) is 44.0 Å². The maximum atomic E-state index is 13.1. The molecule has 7 nitrogen and oxygen atoms in total. The standard InChI is InChI=1S/C21H27N5O2/c1-15(2)14-25-17-7-3-4-8-18(17)26-19(21(25)28)13-16(23-26)20(27)22-9-12-24-10-5-6-11-24/h3-4,7-8,13,15H,5-6,9-12,14H2,1-2H3,(H,22,27). The maximum Gasteiger partial charge on any atom is 0.277 e. The summed E-state index contributed by atoms with van der Waals surface area (Å²) in [5.41, 5.74) is 2.26. The molecule has 1 aliphatic heterocycles. The minimum Gasteiger partial charge on any atom is -0.349 e. The van der Waals surface area contributed by atoms with Gasteiger partial charge in [-0.1, -0.05) is 26.0 Å². The van der Waals surface area contributed by atoms with Crippen molar-refractivity contribution >= 4 is 22.5 Å². The lowest BCUT2D eigenvalue weighted by molar-refractivity contribution is 0.0944. The summed E-state index contributed by atoms with van der Waals surface area (Å²) in [6.07, 6.45) is 2.46. The predicted molar refractivity (Wildman–Crippen MR) is 110 cm³/mol. The van der Waals surface area contributed by atoms with Gasteiger partial charge in [0, 0.05) is 25.7 Å². The average Bonchev–Trinajstić information content (AvgIpc) is 3.35. The lowest BCUT2D eigenvalue weighted by atomic mass is 10.2. The monoisotopic (exact) mass is 381 g/mol. The number of rotatable bonds is 6. The summed E-state index contributed by atoms with van der Waals surface area (Å²) in [6, 6.07) is 9.30. The lowest BCUT2D eigenvalue weighted by Gasteiger charge is -2.14. The van der Waals surface area contributed by atoms with Crippen LogP contribution in [0.1, 0.15) is 37.2 Å². The summed E-state index contributed by atoms with van der Waals surface area (Å²) in [5.74, 6) is 0.0987. The van der Waals surface area contributed by atoms with Crippen LogP contribution >= 0.6 is 0 Å². The highest BCUT2D eigenvalue weighted by atomic mass is 16.2. The Balaban J connectivity index is 1.66. The molecule has 0 saturated carbocycles. The van der Waals surface area contributed by atoms with E-state index in [2.05, 4.69) is 29.2 Å². The fourth-order valence-corrected chi connectivity index (χ4v) is 3.92. The Morgan fingerprint density at radius 2 is 1.86 bits per heavy atom. The van der Waals surface area contributed by atoms with Crippen LogP contribution in [0.15, 0.2) is 35.1 Å². The van der Waals surface area contributed by atoms with Gasteiger partial charge >= 0.3 is 0 Å². The molecule has 3 aromatic rings. The topological polar surface area (TPSA) is 71.6 Å². The van der Waals surface area contributed by atoms with Crippen LogP contribution in [-0.4, -0.2) is 51.2 Å². The number of carbonyl (C=O) groups excluding carboxylic acids is 1. The smallest absolute Gasteiger partial charge is 0.277 e. The summed E-state index contributed by atoms with van der Waals surface area (Å²) in [6.45, 7) is 8.44. The number of aromatic nitrogens is 3. The molecule has 4 rings (SSSR count). The molecule has 2 aromatic heterocycles. The molecular formula is C21H27N5O2. The summed E-state index contributed by atoms with van der Waals surface area (Å²) in [5, 5.41) is 7.39. The minimum absolute atomic E-state index is 0.115. The lowest BCUT2D eigenvalue weighted by Crippen LogP contribution is -2.33. The molecule has 1 fully saturated rings. The molecule has 1 aromatic carbocycles. The second-order valence-corrected chi connectivity index (χ2v) is 7.93. The van der Waals surface area contributed by atoms with Crippen molar-refractivity contribution < 1.29 is 4.79 Å². The molecule has 1 saturated heterocycles. The van der Waals surface area contributed by atoms with Crippen LogP contribution < -0.4 is 10.9 Å². The van der Waals surface area contributed by atoms with Crippen molar-refractivity contribution in [3.05, 3.63) is 46.4 Å². The predicted octanol–water partition coefficient (Wildman–Crippen LogP) is 2.13. The van der Waals surface area contributed by atoms with Gasteiger partial charge in [-0.15, -0.1) is 0 Å². The molecule has 0 aliphatic carbocycles. The van der Waals surface area contributed by atoms with Crippen molar-refractivity contribution in [2.24, 2.45) is 5.92 Å². The Morgan fingerprint density at radius 3 is 2.57 bits per heavy atom. The highest BCUT2D eigenvalue weighted by Gasteiger charge is 2.18. The first kappa shape index (κ1) is 18.7. The normalized spacial score (nSPS) is 15.1. The highest BCUT2D eigenvalue weighted by Crippen LogP contribution is 2.16. The van der Waals surface area contributed by atoms with Crippen molar-refractivity contribution in [2.45, 2.75) is 33.2 Å². The van der Waals surface area contributed by atoms with E-state index in [1.807, 2.05) is 24.3 Å². The van der Waals surface area contributed by atoms with E-state index in [-0.39, 0.29) is 17.2 Å². The summed E-state index contributed by atoms with van der Waals surface area (Å²) in [4.78, 5) is 28.0.